The number of anilines is 1. The second-order valence-electron chi connectivity index (χ2n) is 4.37. The van der Waals surface area contributed by atoms with E-state index in [0.29, 0.717) is 11.7 Å². The highest BCUT2D eigenvalue weighted by atomic mass is 15.2. The lowest BCUT2D eigenvalue weighted by Gasteiger charge is -2.09. The third kappa shape index (κ3) is 1.69. The fourth-order valence-electron chi connectivity index (χ4n) is 1.92. The van der Waals surface area contributed by atoms with Gasteiger partial charge in [-0.3, -0.25) is 5.10 Å². The van der Waals surface area contributed by atoms with Gasteiger partial charge in [0.1, 0.15) is 0 Å². The maximum Gasteiger partial charge on any atom is 0.153 e. The van der Waals surface area contributed by atoms with Crippen LogP contribution in [0.5, 0.6) is 0 Å². The summed E-state index contributed by atoms with van der Waals surface area (Å²) in [5.41, 5.74) is 10.5. The minimum Gasteiger partial charge on any atom is -0.382 e. The molecule has 1 aromatic heterocycles. The van der Waals surface area contributed by atoms with Crippen LogP contribution in [0.4, 0.5) is 5.82 Å². The first kappa shape index (κ1) is 10.7. The highest BCUT2D eigenvalue weighted by molar-refractivity contribution is 5.78. The Bertz CT molecular complexity index is 498. The van der Waals surface area contributed by atoms with Crippen molar-refractivity contribution in [1.82, 2.24) is 10.2 Å². The Labute approximate surface area is 95.7 Å². The van der Waals surface area contributed by atoms with E-state index < -0.39 is 0 Å². The Morgan fingerprint density at radius 1 is 1.25 bits per heavy atom. The first-order valence-electron chi connectivity index (χ1n) is 5.51. The lowest BCUT2D eigenvalue weighted by Crippen LogP contribution is -1.94. The van der Waals surface area contributed by atoms with Crippen LogP contribution in [-0.4, -0.2) is 10.2 Å². The van der Waals surface area contributed by atoms with Crippen molar-refractivity contribution >= 4 is 5.82 Å². The molecule has 1 aromatic carbocycles. The standard InChI is InChI=1S/C13H17N3/c1-8(2)12-11(13(14)16-15-12)10-7-5-4-6-9(10)3/h4-8H,1-3H3,(H3,14,15,16). The van der Waals surface area contributed by atoms with E-state index in [1.54, 1.807) is 0 Å². The van der Waals surface area contributed by atoms with E-state index >= 15 is 0 Å². The Kier molecular flexibility index (Phi) is 2.69. The Morgan fingerprint density at radius 3 is 2.56 bits per heavy atom. The molecule has 3 nitrogen and oxygen atoms in total. The largest absolute Gasteiger partial charge is 0.382 e. The molecular formula is C13H17N3. The van der Waals surface area contributed by atoms with Gasteiger partial charge in [0.15, 0.2) is 5.82 Å². The van der Waals surface area contributed by atoms with Crippen molar-refractivity contribution < 1.29 is 0 Å². The number of nitrogen functional groups attached to an aromatic ring is 1. The average molecular weight is 215 g/mol. The van der Waals surface area contributed by atoms with Crippen LogP contribution in [0.15, 0.2) is 24.3 Å². The fourth-order valence-corrected chi connectivity index (χ4v) is 1.92. The number of hydrogen-bond donors (Lipinski definition) is 2. The van der Waals surface area contributed by atoms with Crippen LogP contribution in [-0.2, 0) is 0 Å². The maximum atomic E-state index is 5.94. The monoisotopic (exact) mass is 215 g/mol. The molecule has 0 atom stereocenters. The van der Waals surface area contributed by atoms with E-state index in [1.165, 1.54) is 5.56 Å². The molecule has 0 radical (unpaired) electrons. The Hall–Kier alpha value is -1.77. The minimum atomic E-state index is 0.388. The van der Waals surface area contributed by atoms with E-state index in [2.05, 4.69) is 43.1 Å². The summed E-state index contributed by atoms with van der Waals surface area (Å²) >= 11 is 0. The number of aromatic nitrogens is 2. The molecule has 0 aliphatic heterocycles. The van der Waals surface area contributed by atoms with Crippen LogP contribution >= 0.6 is 0 Å². The summed E-state index contributed by atoms with van der Waals surface area (Å²) < 4.78 is 0. The molecule has 0 aliphatic rings. The number of nitrogens with two attached hydrogens (primary N) is 1. The van der Waals surface area contributed by atoms with Gasteiger partial charge in [-0.1, -0.05) is 38.1 Å². The van der Waals surface area contributed by atoms with E-state index in [1.807, 2.05) is 12.1 Å². The van der Waals surface area contributed by atoms with Crippen LogP contribution < -0.4 is 5.73 Å². The number of rotatable bonds is 2. The van der Waals surface area contributed by atoms with E-state index in [4.69, 9.17) is 5.73 Å². The summed E-state index contributed by atoms with van der Waals surface area (Å²) in [4.78, 5) is 0. The van der Waals surface area contributed by atoms with Crippen LogP contribution in [0.3, 0.4) is 0 Å². The van der Waals surface area contributed by atoms with Crippen molar-refractivity contribution in [3.05, 3.63) is 35.5 Å². The van der Waals surface area contributed by atoms with Gasteiger partial charge in [0.2, 0.25) is 0 Å². The Balaban J connectivity index is 2.64. The Morgan fingerprint density at radius 2 is 1.94 bits per heavy atom. The summed E-state index contributed by atoms with van der Waals surface area (Å²) in [5.74, 6) is 0.970. The summed E-state index contributed by atoms with van der Waals surface area (Å²) in [6.07, 6.45) is 0. The summed E-state index contributed by atoms with van der Waals surface area (Å²) in [5, 5.41) is 7.13. The number of benzene rings is 1. The van der Waals surface area contributed by atoms with E-state index in [-0.39, 0.29) is 0 Å². The van der Waals surface area contributed by atoms with Crippen molar-refractivity contribution in [3.8, 4) is 11.1 Å². The van der Waals surface area contributed by atoms with Gasteiger partial charge in [-0.2, -0.15) is 5.10 Å². The molecule has 3 heteroatoms. The average Bonchev–Trinajstić information content (AvgIpc) is 2.61. The lowest BCUT2D eigenvalue weighted by molar-refractivity contribution is 0.812. The van der Waals surface area contributed by atoms with Gasteiger partial charge >= 0.3 is 0 Å². The molecule has 0 bridgehead atoms. The molecule has 1 heterocycles. The van der Waals surface area contributed by atoms with Gasteiger partial charge in [0.25, 0.3) is 0 Å². The van der Waals surface area contributed by atoms with Crippen molar-refractivity contribution in [2.45, 2.75) is 26.7 Å². The molecule has 16 heavy (non-hydrogen) atoms. The molecule has 0 saturated carbocycles. The molecule has 2 aromatic rings. The highest BCUT2D eigenvalue weighted by Gasteiger charge is 2.16. The summed E-state index contributed by atoms with van der Waals surface area (Å²) in [7, 11) is 0. The number of hydrogen-bond acceptors (Lipinski definition) is 2. The molecular weight excluding hydrogens is 198 g/mol. The second-order valence-corrected chi connectivity index (χ2v) is 4.37. The molecule has 0 amide bonds. The molecule has 2 rings (SSSR count). The first-order chi connectivity index (χ1) is 7.61. The number of aromatic amines is 1. The molecule has 0 saturated heterocycles. The number of aryl methyl sites for hydroxylation is 1. The van der Waals surface area contributed by atoms with Crippen LogP contribution in [0.1, 0.15) is 31.0 Å². The van der Waals surface area contributed by atoms with Crippen LogP contribution in [0.2, 0.25) is 0 Å². The SMILES string of the molecule is Cc1ccccc1-c1c(N)n[nH]c1C(C)C. The zero-order valence-electron chi connectivity index (χ0n) is 9.91. The third-order valence-corrected chi connectivity index (χ3v) is 2.81. The lowest BCUT2D eigenvalue weighted by atomic mass is 9.96. The van der Waals surface area contributed by atoms with Gasteiger partial charge < -0.3 is 5.73 Å². The normalized spacial score (nSPS) is 11.0. The smallest absolute Gasteiger partial charge is 0.153 e. The molecule has 0 aliphatic carbocycles. The highest BCUT2D eigenvalue weighted by Crippen LogP contribution is 2.33. The van der Waals surface area contributed by atoms with Gasteiger partial charge in [0, 0.05) is 11.3 Å². The molecule has 0 unspecified atom stereocenters. The zero-order valence-corrected chi connectivity index (χ0v) is 9.91. The quantitative estimate of drug-likeness (QED) is 0.808. The van der Waals surface area contributed by atoms with Gasteiger partial charge in [-0.15, -0.1) is 0 Å². The maximum absolute atomic E-state index is 5.94. The second kappa shape index (κ2) is 4.00. The van der Waals surface area contributed by atoms with Crippen molar-refractivity contribution in [2.24, 2.45) is 0 Å². The molecule has 3 N–H and O–H groups in total. The first-order valence-corrected chi connectivity index (χ1v) is 5.51. The van der Waals surface area contributed by atoms with Crippen molar-refractivity contribution in [2.75, 3.05) is 5.73 Å². The summed E-state index contributed by atoms with van der Waals surface area (Å²) in [6.45, 7) is 6.36. The third-order valence-electron chi connectivity index (χ3n) is 2.81. The van der Waals surface area contributed by atoms with Crippen LogP contribution in [0.25, 0.3) is 11.1 Å². The minimum absolute atomic E-state index is 0.388. The number of nitrogens with zero attached hydrogens (tertiary/aromatic N) is 1. The fraction of sp³-hybridized carbons (Fsp3) is 0.308. The molecule has 0 fully saturated rings. The predicted molar refractivity (Wildman–Crippen MR) is 67.3 cm³/mol. The zero-order chi connectivity index (χ0) is 11.7. The van der Waals surface area contributed by atoms with E-state index in [9.17, 15) is 0 Å². The topological polar surface area (TPSA) is 54.7 Å². The van der Waals surface area contributed by atoms with E-state index in [0.717, 1.165) is 16.8 Å². The van der Waals surface area contributed by atoms with Crippen molar-refractivity contribution in [1.29, 1.82) is 0 Å². The van der Waals surface area contributed by atoms with Crippen molar-refractivity contribution in [3.63, 3.8) is 0 Å². The number of H-pyrrole nitrogens is 1. The van der Waals surface area contributed by atoms with Gasteiger partial charge in [-0.05, 0) is 24.0 Å². The summed E-state index contributed by atoms with van der Waals surface area (Å²) in [6, 6.07) is 8.23. The number of nitrogens with one attached hydrogen (secondary N) is 1. The predicted octanol–water partition coefficient (Wildman–Crippen LogP) is 3.09. The van der Waals surface area contributed by atoms with Crippen LogP contribution in [0, 0.1) is 6.92 Å². The molecule has 84 valence electrons. The molecule has 0 spiro atoms. The van der Waals surface area contributed by atoms with Gasteiger partial charge in [-0.25, -0.2) is 0 Å². The van der Waals surface area contributed by atoms with Gasteiger partial charge in [0.05, 0.1) is 0 Å².